The molecular formula is C27H28N4O2. The first kappa shape index (κ1) is 21.3. The molecule has 1 aromatic heterocycles. The number of aromatic nitrogens is 2. The van der Waals surface area contributed by atoms with E-state index in [1.54, 1.807) is 0 Å². The Morgan fingerprint density at radius 2 is 1.85 bits per heavy atom. The van der Waals surface area contributed by atoms with E-state index in [2.05, 4.69) is 59.5 Å². The Balaban J connectivity index is 1.28. The summed E-state index contributed by atoms with van der Waals surface area (Å²) in [5.41, 5.74) is 3.17. The number of rotatable bonds is 6. The lowest BCUT2D eigenvalue weighted by atomic mass is 9.91. The molecule has 0 bridgehead atoms. The van der Waals surface area contributed by atoms with Crippen LogP contribution in [0.1, 0.15) is 17.9 Å². The van der Waals surface area contributed by atoms with E-state index < -0.39 is 0 Å². The molecule has 0 aliphatic carbocycles. The van der Waals surface area contributed by atoms with Crippen LogP contribution in [-0.2, 0) is 17.6 Å². The van der Waals surface area contributed by atoms with Crippen LogP contribution in [0.4, 0.5) is 5.69 Å². The molecule has 0 saturated heterocycles. The van der Waals surface area contributed by atoms with Crippen molar-refractivity contribution in [3.63, 3.8) is 0 Å². The number of fused-ring (bicyclic) bond motifs is 2. The summed E-state index contributed by atoms with van der Waals surface area (Å²) in [6.07, 6.45) is 1.76. The maximum atomic E-state index is 13.2. The second-order valence-electron chi connectivity index (χ2n) is 9.04. The van der Waals surface area contributed by atoms with Gasteiger partial charge in [-0.25, -0.2) is 0 Å². The molecule has 1 atom stereocenters. The first-order valence-corrected chi connectivity index (χ1v) is 11.4. The van der Waals surface area contributed by atoms with Gasteiger partial charge in [0.05, 0.1) is 0 Å². The lowest BCUT2D eigenvalue weighted by molar-refractivity contribution is -0.118. The van der Waals surface area contributed by atoms with Crippen molar-refractivity contribution < 1.29 is 9.32 Å². The number of aryl methyl sites for hydroxylation is 1. The standard InChI is InChI=1S/C27H28N4O2/c1-30(2)17-19-15-22-9-5-6-10-24(22)31(18-19)26(32)14-13-25-28-27(29-33-25)23-12-11-20-7-3-4-8-21(20)16-23/h3-12,16,19H,13-15,17-18H2,1-2H3. The summed E-state index contributed by atoms with van der Waals surface area (Å²) in [5.74, 6) is 1.55. The van der Waals surface area contributed by atoms with E-state index in [1.807, 2.05) is 41.3 Å². The number of para-hydroxylation sites is 1. The van der Waals surface area contributed by atoms with Gasteiger partial charge in [0.2, 0.25) is 17.6 Å². The molecule has 0 saturated carbocycles. The Bertz CT molecular complexity index is 1280. The fourth-order valence-electron chi connectivity index (χ4n) is 4.70. The van der Waals surface area contributed by atoms with Gasteiger partial charge in [-0.05, 0) is 54.9 Å². The molecule has 0 radical (unpaired) electrons. The van der Waals surface area contributed by atoms with Crippen LogP contribution in [-0.4, -0.2) is 48.1 Å². The fourth-order valence-corrected chi connectivity index (χ4v) is 4.70. The van der Waals surface area contributed by atoms with Crippen molar-refractivity contribution in [2.75, 3.05) is 32.1 Å². The highest BCUT2D eigenvalue weighted by atomic mass is 16.5. The van der Waals surface area contributed by atoms with E-state index in [9.17, 15) is 4.79 Å². The second kappa shape index (κ2) is 9.16. The molecular weight excluding hydrogens is 412 g/mol. The maximum absolute atomic E-state index is 13.2. The van der Waals surface area contributed by atoms with E-state index in [1.165, 1.54) is 10.9 Å². The predicted molar refractivity (Wildman–Crippen MR) is 130 cm³/mol. The third-order valence-electron chi connectivity index (χ3n) is 6.18. The smallest absolute Gasteiger partial charge is 0.227 e. The van der Waals surface area contributed by atoms with Gasteiger partial charge in [-0.2, -0.15) is 4.98 Å². The highest BCUT2D eigenvalue weighted by Gasteiger charge is 2.28. The second-order valence-corrected chi connectivity index (χ2v) is 9.04. The molecule has 3 aromatic carbocycles. The zero-order chi connectivity index (χ0) is 22.8. The van der Waals surface area contributed by atoms with Gasteiger partial charge in [-0.3, -0.25) is 4.79 Å². The number of benzene rings is 3. The van der Waals surface area contributed by atoms with Gasteiger partial charge in [-0.15, -0.1) is 0 Å². The van der Waals surface area contributed by atoms with Gasteiger partial charge in [-0.1, -0.05) is 59.8 Å². The molecule has 1 unspecified atom stereocenters. The third kappa shape index (κ3) is 4.66. The van der Waals surface area contributed by atoms with E-state index in [-0.39, 0.29) is 5.91 Å². The lowest BCUT2D eigenvalue weighted by Crippen LogP contribution is -2.43. The van der Waals surface area contributed by atoms with Crippen LogP contribution in [0.15, 0.2) is 71.3 Å². The van der Waals surface area contributed by atoms with Gasteiger partial charge in [0.1, 0.15) is 0 Å². The zero-order valence-corrected chi connectivity index (χ0v) is 19.1. The average molecular weight is 441 g/mol. The number of hydrogen-bond donors (Lipinski definition) is 0. The quantitative estimate of drug-likeness (QED) is 0.439. The summed E-state index contributed by atoms with van der Waals surface area (Å²) < 4.78 is 5.47. The highest BCUT2D eigenvalue weighted by molar-refractivity contribution is 5.94. The largest absolute Gasteiger partial charge is 0.339 e. The lowest BCUT2D eigenvalue weighted by Gasteiger charge is -2.35. The Morgan fingerprint density at radius 3 is 2.70 bits per heavy atom. The maximum Gasteiger partial charge on any atom is 0.227 e. The average Bonchev–Trinajstić information content (AvgIpc) is 3.30. The van der Waals surface area contributed by atoms with Crippen LogP contribution in [0, 0.1) is 5.92 Å². The molecule has 6 heteroatoms. The summed E-state index contributed by atoms with van der Waals surface area (Å²) in [6, 6.07) is 22.5. The number of amides is 1. The number of carbonyl (C=O) groups is 1. The van der Waals surface area contributed by atoms with Gasteiger partial charge < -0.3 is 14.3 Å². The van der Waals surface area contributed by atoms with Crippen molar-refractivity contribution in [3.05, 3.63) is 78.2 Å². The van der Waals surface area contributed by atoms with E-state index in [0.29, 0.717) is 30.5 Å². The van der Waals surface area contributed by atoms with Crippen LogP contribution < -0.4 is 4.90 Å². The monoisotopic (exact) mass is 440 g/mol. The van der Waals surface area contributed by atoms with Gasteiger partial charge in [0, 0.05) is 37.2 Å². The third-order valence-corrected chi connectivity index (χ3v) is 6.18. The molecule has 0 fully saturated rings. The number of carbonyl (C=O) groups excluding carboxylic acids is 1. The van der Waals surface area contributed by atoms with Crippen molar-refractivity contribution in [1.29, 1.82) is 0 Å². The molecule has 0 spiro atoms. The minimum absolute atomic E-state index is 0.0939. The Hall–Kier alpha value is -3.51. The molecule has 1 amide bonds. The van der Waals surface area contributed by atoms with Crippen LogP contribution in [0.3, 0.4) is 0 Å². The summed E-state index contributed by atoms with van der Waals surface area (Å²) in [7, 11) is 4.16. The Morgan fingerprint density at radius 1 is 1.06 bits per heavy atom. The van der Waals surface area contributed by atoms with Crippen molar-refractivity contribution in [2.24, 2.45) is 5.92 Å². The topological polar surface area (TPSA) is 62.5 Å². The molecule has 6 nitrogen and oxygen atoms in total. The Kier molecular flexibility index (Phi) is 5.92. The van der Waals surface area contributed by atoms with Crippen LogP contribution in [0.25, 0.3) is 22.2 Å². The first-order valence-electron chi connectivity index (χ1n) is 11.4. The van der Waals surface area contributed by atoms with Crippen LogP contribution in [0.2, 0.25) is 0 Å². The number of hydrogen-bond acceptors (Lipinski definition) is 5. The van der Waals surface area contributed by atoms with Crippen LogP contribution >= 0.6 is 0 Å². The zero-order valence-electron chi connectivity index (χ0n) is 19.1. The molecule has 168 valence electrons. The van der Waals surface area contributed by atoms with Gasteiger partial charge >= 0.3 is 0 Å². The minimum Gasteiger partial charge on any atom is -0.339 e. The van der Waals surface area contributed by atoms with Gasteiger partial charge in [0.25, 0.3) is 0 Å². The minimum atomic E-state index is 0.0939. The van der Waals surface area contributed by atoms with E-state index in [0.717, 1.165) is 36.1 Å². The van der Waals surface area contributed by atoms with Crippen molar-refractivity contribution in [1.82, 2.24) is 15.0 Å². The Labute approximate surface area is 193 Å². The van der Waals surface area contributed by atoms with E-state index >= 15 is 0 Å². The summed E-state index contributed by atoms with van der Waals surface area (Å²) in [6.45, 7) is 1.69. The number of anilines is 1. The van der Waals surface area contributed by atoms with Crippen molar-refractivity contribution >= 4 is 22.4 Å². The molecule has 33 heavy (non-hydrogen) atoms. The van der Waals surface area contributed by atoms with Gasteiger partial charge in [0.15, 0.2) is 0 Å². The van der Waals surface area contributed by atoms with Crippen molar-refractivity contribution in [3.8, 4) is 11.4 Å². The predicted octanol–water partition coefficient (Wildman–Crippen LogP) is 4.59. The molecule has 4 aromatic rings. The van der Waals surface area contributed by atoms with Crippen LogP contribution in [0.5, 0.6) is 0 Å². The highest BCUT2D eigenvalue weighted by Crippen LogP contribution is 2.30. The molecule has 5 rings (SSSR count). The molecule has 1 aliphatic heterocycles. The summed E-state index contributed by atoms with van der Waals surface area (Å²) in [5, 5.41) is 6.45. The van der Waals surface area contributed by atoms with Crippen molar-refractivity contribution in [2.45, 2.75) is 19.3 Å². The number of nitrogens with zero attached hydrogens (tertiary/aromatic N) is 4. The SMILES string of the molecule is CN(C)CC1Cc2ccccc2N(C(=O)CCc2nc(-c3ccc4ccccc4c3)no2)C1. The fraction of sp³-hybridized carbons (Fsp3) is 0.296. The molecule has 1 aliphatic rings. The summed E-state index contributed by atoms with van der Waals surface area (Å²) >= 11 is 0. The molecule has 2 heterocycles. The first-order chi connectivity index (χ1) is 16.1. The normalized spacial score (nSPS) is 15.7. The summed E-state index contributed by atoms with van der Waals surface area (Å²) in [4.78, 5) is 21.9. The molecule has 0 N–H and O–H groups in total. The van der Waals surface area contributed by atoms with E-state index in [4.69, 9.17) is 4.52 Å².